The Morgan fingerprint density at radius 2 is 1.73 bits per heavy atom. The zero-order valence-corrected chi connectivity index (χ0v) is 22.9. The summed E-state index contributed by atoms with van der Waals surface area (Å²) in [6.45, 7) is 11.5. The van der Waals surface area contributed by atoms with Crippen molar-refractivity contribution in [3.63, 3.8) is 0 Å². The maximum absolute atomic E-state index is 15.0. The molecule has 1 aliphatic rings. The predicted octanol–water partition coefficient (Wildman–Crippen LogP) is 8.64. The van der Waals surface area contributed by atoms with E-state index < -0.39 is 23.6 Å². The molecule has 1 aliphatic heterocycles. The Morgan fingerprint density at radius 1 is 1.03 bits per heavy atom. The van der Waals surface area contributed by atoms with Gasteiger partial charge >= 0.3 is 12.1 Å². The molecule has 2 unspecified atom stereocenters. The van der Waals surface area contributed by atoms with Crippen LogP contribution in [0.1, 0.15) is 95.4 Å². The fourth-order valence-electron chi connectivity index (χ4n) is 5.45. The van der Waals surface area contributed by atoms with E-state index in [1.165, 1.54) is 0 Å². The highest BCUT2D eigenvalue weighted by atomic mass is 19.4. The zero-order chi connectivity index (χ0) is 27.2. The predicted molar refractivity (Wildman–Crippen MR) is 143 cm³/mol. The first-order valence-corrected chi connectivity index (χ1v) is 13.7. The molecule has 0 bridgehead atoms. The van der Waals surface area contributed by atoms with Crippen LogP contribution >= 0.6 is 0 Å². The van der Waals surface area contributed by atoms with Crippen LogP contribution in [0.25, 0.3) is 11.1 Å². The molecule has 37 heavy (non-hydrogen) atoms. The summed E-state index contributed by atoms with van der Waals surface area (Å²) in [7, 11) is 0. The van der Waals surface area contributed by atoms with Crippen molar-refractivity contribution in [2.45, 2.75) is 84.9 Å². The molecule has 6 heteroatoms. The highest BCUT2D eigenvalue weighted by Gasteiger charge is 2.43. The third-order valence-electron chi connectivity index (χ3n) is 7.21. The van der Waals surface area contributed by atoms with Gasteiger partial charge in [-0.1, -0.05) is 64.4 Å². The molecule has 0 spiro atoms. The highest BCUT2D eigenvalue weighted by molar-refractivity contribution is 5.80. The summed E-state index contributed by atoms with van der Waals surface area (Å²) in [5.74, 6) is -1.07. The summed E-state index contributed by atoms with van der Waals surface area (Å²) < 4.78 is 50.4. The molecule has 0 aromatic heterocycles. The first kappa shape index (κ1) is 29.2. The SMILES string of the molecule is CCOC(=O)C(CC(C)C)c1cc(-c2ccccc2)cc(C2CCCCN2CCC(C)C)c1C(F)(F)F. The summed E-state index contributed by atoms with van der Waals surface area (Å²) in [4.78, 5) is 15.4. The van der Waals surface area contributed by atoms with Gasteiger partial charge in [-0.2, -0.15) is 13.2 Å². The van der Waals surface area contributed by atoms with Crippen LogP contribution < -0.4 is 0 Å². The summed E-state index contributed by atoms with van der Waals surface area (Å²) in [6.07, 6.45) is -0.822. The number of carbonyl (C=O) groups is 1. The highest BCUT2D eigenvalue weighted by Crippen LogP contribution is 2.46. The number of carbonyl (C=O) groups excluding carboxylic acids is 1. The van der Waals surface area contributed by atoms with Gasteiger partial charge in [0.25, 0.3) is 0 Å². The standard InChI is InChI=1S/C31H42F3NO2/c1-6-37-30(36)26(18-22(4)5)25-19-24(23-12-8-7-9-13-23)20-27(29(25)31(32,33)34)28-14-10-11-16-35(28)17-15-21(2)3/h7-9,12-13,19-22,26,28H,6,10-11,14-18H2,1-5H3. The normalized spacial score (nSPS) is 17.8. The van der Waals surface area contributed by atoms with E-state index in [0.717, 1.165) is 37.9 Å². The molecule has 1 saturated heterocycles. The van der Waals surface area contributed by atoms with E-state index in [2.05, 4.69) is 18.7 Å². The second kappa shape index (κ2) is 12.9. The molecule has 0 aliphatic carbocycles. The van der Waals surface area contributed by atoms with Crippen LogP contribution in [0.15, 0.2) is 42.5 Å². The second-order valence-corrected chi connectivity index (χ2v) is 11.1. The van der Waals surface area contributed by atoms with Crippen LogP contribution in [-0.4, -0.2) is 30.6 Å². The van der Waals surface area contributed by atoms with Crippen LogP contribution in [0.2, 0.25) is 0 Å². The van der Waals surface area contributed by atoms with E-state index in [9.17, 15) is 4.79 Å². The van der Waals surface area contributed by atoms with Crippen molar-refractivity contribution >= 4 is 5.97 Å². The summed E-state index contributed by atoms with van der Waals surface area (Å²) in [5, 5.41) is 0. The van der Waals surface area contributed by atoms with E-state index >= 15 is 13.2 Å². The van der Waals surface area contributed by atoms with Gasteiger partial charge in [0, 0.05) is 6.04 Å². The van der Waals surface area contributed by atoms with Crippen molar-refractivity contribution in [2.24, 2.45) is 11.8 Å². The third kappa shape index (κ3) is 7.59. The fraction of sp³-hybridized carbons (Fsp3) is 0.581. The van der Waals surface area contributed by atoms with Gasteiger partial charge in [0.2, 0.25) is 0 Å². The summed E-state index contributed by atoms with van der Waals surface area (Å²) >= 11 is 0. The van der Waals surface area contributed by atoms with Crippen molar-refractivity contribution < 1.29 is 22.7 Å². The number of benzene rings is 2. The van der Waals surface area contributed by atoms with Gasteiger partial charge in [-0.15, -0.1) is 0 Å². The molecule has 1 fully saturated rings. The molecule has 2 aromatic carbocycles. The molecule has 0 radical (unpaired) electrons. The minimum Gasteiger partial charge on any atom is -0.466 e. The van der Waals surface area contributed by atoms with Crippen molar-refractivity contribution in [3.05, 3.63) is 59.2 Å². The summed E-state index contributed by atoms with van der Waals surface area (Å²) in [6, 6.07) is 12.5. The Kier molecular flexibility index (Phi) is 10.2. The lowest BCUT2D eigenvalue weighted by atomic mass is 9.80. The number of likely N-dealkylation sites (tertiary alicyclic amines) is 1. The Bertz CT molecular complexity index is 1020. The molecule has 3 nitrogen and oxygen atoms in total. The minimum atomic E-state index is -4.59. The topological polar surface area (TPSA) is 29.5 Å². The average Bonchev–Trinajstić information content (AvgIpc) is 2.85. The molecule has 0 N–H and O–H groups in total. The molecule has 0 amide bonds. The Morgan fingerprint density at radius 3 is 2.32 bits per heavy atom. The van der Waals surface area contributed by atoms with E-state index in [1.807, 2.05) is 44.2 Å². The smallest absolute Gasteiger partial charge is 0.417 e. The van der Waals surface area contributed by atoms with Gasteiger partial charge < -0.3 is 4.74 Å². The van der Waals surface area contributed by atoms with Gasteiger partial charge in [-0.3, -0.25) is 9.69 Å². The number of ether oxygens (including phenoxy) is 1. The average molecular weight is 518 g/mol. The molecule has 1 heterocycles. The minimum absolute atomic E-state index is 0.0246. The molecule has 3 rings (SSSR count). The summed E-state index contributed by atoms with van der Waals surface area (Å²) in [5.41, 5.74) is 1.25. The van der Waals surface area contributed by atoms with Crippen LogP contribution in [0.3, 0.4) is 0 Å². The lowest BCUT2D eigenvalue weighted by Gasteiger charge is -2.38. The van der Waals surface area contributed by atoms with Crippen molar-refractivity contribution in [1.29, 1.82) is 0 Å². The zero-order valence-electron chi connectivity index (χ0n) is 22.9. The van der Waals surface area contributed by atoms with Crippen molar-refractivity contribution in [3.8, 4) is 11.1 Å². The van der Waals surface area contributed by atoms with Crippen LogP contribution in [0.5, 0.6) is 0 Å². The number of alkyl halides is 3. The third-order valence-corrected chi connectivity index (χ3v) is 7.21. The monoisotopic (exact) mass is 517 g/mol. The van der Waals surface area contributed by atoms with Crippen LogP contribution in [0.4, 0.5) is 13.2 Å². The van der Waals surface area contributed by atoms with E-state index in [-0.39, 0.29) is 24.1 Å². The van der Waals surface area contributed by atoms with E-state index in [4.69, 9.17) is 4.74 Å². The number of nitrogens with zero attached hydrogens (tertiary/aromatic N) is 1. The lowest BCUT2D eigenvalue weighted by molar-refractivity contribution is -0.146. The second-order valence-electron chi connectivity index (χ2n) is 11.1. The fourth-order valence-corrected chi connectivity index (χ4v) is 5.45. The van der Waals surface area contributed by atoms with Crippen LogP contribution in [0, 0.1) is 11.8 Å². The Hall–Kier alpha value is -2.34. The molecule has 2 aromatic rings. The van der Waals surface area contributed by atoms with Crippen LogP contribution in [-0.2, 0) is 15.7 Å². The molecular formula is C31H42F3NO2. The van der Waals surface area contributed by atoms with Gasteiger partial charge in [0.05, 0.1) is 18.1 Å². The molecule has 204 valence electrons. The number of rotatable bonds is 10. The van der Waals surface area contributed by atoms with Gasteiger partial charge in [0.15, 0.2) is 0 Å². The maximum atomic E-state index is 15.0. The number of hydrogen-bond donors (Lipinski definition) is 0. The van der Waals surface area contributed by atoms with Crippen molar-refractivity contribution in [2.75, 3.05) is 19.7 Å². The largest absolute Gasteiger partial charge is 0.466 e. The molecule has 0 saturated carbocycles. The molecule has 2 atom stereocenters. The van der Waals surface area contributed by atoms with E-state index in [1.54, 1.807) is 19.1 Å². The Balaban J connectivity index is 2.30. The number of esters is 1. The number of hydrogen-bond acceptors (Lipinski definition) is 3. The quantitative estimate of drug-likeness (QED) is 0.295. The van der Waals surface area contributed by atoms with Gasteiger partial charge in [-0.05, 0) is 91.9 Å². The van der Waals surface area contributed by atoms with E-state index in [0.29, 0.717) is 29.9 Å². The Labute approximate surface area is 220 Å². The lowest BCUT2D eigenvalue weighted by Crippen LogP contribution is -2.36. The number of piperidine rings is 1. The maximum Gasteiger partial charge on any atom is 0.417 e. The van der Waals surface area contributed by atoms with Crippen molar-refractivity contribution in [1.82, 2.24) is 4.90 Å². The molecular weight excluding hydrogens is 475 g/mol. The van der Waals surface area contributed by atoms with Gasteiger partial charge in [-0.25, -0.2) is 0 Å². The first-order valence-electron chi connectivity index (χ1n) is 13.7. The van der Waals surface area contributed by atoms with Gasteiger partial charge in [0.1, 0.15) is 0 Å². The first-order chi connectivity index (χ1) is 17.5. The number of halogens is 3.